The molecule has 0 radical (unpaired) electrons. The number of nitrogens with zero attached hydrogens (tertiary/aromatic N) is 1. The molecular formula is C14H21F3N2. The first-order chi connectivity index (χ1) is 8.62. The molecule has 0 bridgehead atoms. The Kier molecular flexibility index (Phi) is 4.71. The van der Waals surface area contributed by atoms with Gasteiger partial charge in [0.1, 0.15) is 0 Å². The van der Waals surface area contributed by atoms with Gasteiger partial charge in [0, 0.05) is 13.1 Å². The third-order valence-electron chi connectivity index (χ3n) is 3.21. The van der Waals surface area contributed by atoms with Gasteiger partial charge in [0.05, 0.1) is 16.9 Å². The molecule has 1 rings (SSSR count). The van der Waals surface area contributed by atoms with Crippen LogP contribution >= 0.6 is 0 Å². The van der Waals surface area contributed by atoms with Gasteiger partial charge in [-0.25, -0.2) is 0 Å². The largest absolute Gasteiger partial charge is 0.416 e. The molecule has 5 heteroatoms. The highest BCUT2D eigenvalue weighted by molar-refractivity contribution is 5.68. The zero-order chi connectivity index (χ0) is 14.8. The third-order valence-corrected chi connectivity index (χ3v) is 3.21. The SMILES string of the molecule is CC(C)CC(C)N(C)c1ccc(C(F)(F)F)cc1N. The molecule has 0 saturated carbocycles. The van der Waals surface area contributed by atoms with E-state index in [-0.39, 0.29) is 11.7 Å². The van der Waals surface area contributed by atoms with Crippen LogP contribution in [0.5, 0.6) is 0 Å². The molecule has 108 valence electrons. The Bertz CT molecular complexity index is 427. The number of nitrogen functional groups attached to an aromatic ring is 1. The van der Waals surface area contributed by atoms with Gasteiger partial charge in [0.25, 0.3) is 0 Å². The van der Waals surface area contributed by atoms with E-state index in [9.17, 15) is 13.2 Å². The van der Waals surface area contributed by atoms with Gasteiger partial charge >= 0.3 is 6.18 Å². The summed E-state index contributed by atoms with van der Waals surface area (Å²) in [6.45, 7) is 6.26. The minimum Gasteiger partial charge on any atom is -0.397 e. The van der Waals surface area contributed by atoms with Crippen molar-refractivity contribution in [3.05, 3.63) is 23.8 Å². The molecule has 0 fully saturated rings. The van der Waals surface area contributed by atoms with Crippen molar-refractivity contribution >= 4 is 11.4 Å². The lowest BCUT2D eigenvalue weighted by Gasteiger charge is -2.29. The molecule has 1 aromatic rings. The fraction of sp³-hybridized carbons (Fsp3) is 0.571. The van der Waals surface area contributed by atoms with Crippen molar-refractivity contribution in [2.75, 3.05) is 17.7 Å². The molecule has 0 aliphatic carbocycles. The van der Waals surface area contributed by atoms with Crippen LogP contribution in [-0.4, -0.2) is 13.1 Å². The van der Waals surface area contributed by atoms with Crippen LogP contribution in [0.3, 0.4) is 0 Å². The van der Waals surface area contributed by atoms with E-state index in [1.165, 1.54) is 6.07 Å². The van der Waals surface area contributed by atoms with E-state index >= 15 is 0 Å². The number of anilines is 2. The van der Waals surface area contributed by atoms with Crippen molar-refractivity contribution in [1.82, 2.24) is 0 Å². The van der Waals surface area contributed by atoms with E-state index in [4.69, 9.17) is 5.73 Å². The quantitative estimate of drug-likeness (QED) is 0.835. The van der Waals surface area contributed by atoms with Crippen LogP contribution in [-0.2, 0) is 6.18 Å². The summed E-state index contributed by atoms with van der Waals surface area (Å²) >= 11 is 0. The van der Waals surface area contributed by atoms with Crippen LogP contribution in [0.25, 0.3) is 0 Å². The van der Waals surface area contributed by atoms with E-state index in [0.717, 1.165) is 18.6 Å². The average Bonchev–Trinajstić information content (AvgIpc) is 2.25. The Morgan fingerprint density at radius 2 is 1.79 bits per heavy atom. The van der Waals surface area contributed by atoms with Gasteiger partial charge < -0.3 is 10.6 Å². The van der Waals surface area contributed by atoms with Gasteiger partial charge in [-0.15, -0.1) is 0 Å². The Hall–Kier alpha value is -1.39. The fourth-order valence-electron chi connectivity index (χ4n) is 2.13. The van der Waals surface area contributed by atoms with Gasteiger partial charge in [0.2, 0.25) is 0 Å². The van der Waals surface area contributed by atoms with E-state index in [2.05, 4.69) is 13.8 Å². The summed E-state index contributed by atoms with van der Waals surface area (Å²) in [4.78, 5) is 1.93. The first-order valence-corrected chi connectivity index (χ1v) is 6.32. The van der Waals surface area contributed by atoms with Crippen LogP contribution in [0.1, 0.15) is 32.8 Å². The van der Waals surface area contributed by atoms with Crippen LogP contribution in [0, 0.1) is 5.92 Å². The highest BCUT2D eigenvalue weighted by Crippen LogP contribution is 2.34. The molecule has 0 aliphatic rings. The molecule has 0 amide bonds. The number of alkyl halides is 3. The van der Waals surface area contributed by atoms with Crippen molar-refractivity contribution in [3.8, 4) is 0 Å². The number of rotatable bonds is 4. The zero-order valence-corrected chi connectivity index (χ0v) is 11.8. The minimum absolute atomic E-state index is 0.160. The Balaban J connectivity index is 2.96. The lowest BCUT2D eigenvalue weighted by atomic mass is 10.0. The number of hydrogen-bond acceptors (Lipinski definition) is 2. The summed E-state index contributed by atoms with van der Waals surface area (Å²) in [5.41, 5.74) is 5.84. The number of nitrogens with two attached hydrogens (primary N) is 1. The van der Waals surface area contributed by atoms with E-state index in [1.807, 2.05) is 18.9 Å². The Morgan fingerprint density at radius 1 is 1.21 bits per heavy atom. The van der Waals surface area contributed by atoms with Crippen molar-refractivity contribution in [1.29, 1.82) is 0 Å². The average molecular weight is 274 g/mol. The van der Waals surface area contributed by atoms with Crippen molar-refractivity contribution in [2.45, 2.75) is 39.4 Å². The molecule has 1 atom stereocenters. The number of halogens is 3. The Labute approximate surface area is 112 Å². The first-order valence-electron chi connectivity index (χ1n) is 6.32. The number of hydrogen-bond donors (Lipinski definition) is 1. The molecule has 0 saturated heterocycles. The second-order valence-corrected chi connectivity index (χ2v) is 5.36. The summed E-state index contributed by atoms with van der Waals surface area (Å²) in [6, 6.07) is 3.73. The van der Waals surface area contributed by atoms with Crippen molar-refractivity contribution < 1.29 is 13.2 Å². The van der Waals surface area contributed by atoms with E-state index in [1.54, 1.807) is 0 Å². The normalized spacial score (nSPS) is 13.7. The predicted molar refractivity (Wildman–Crippen MR) is 73.2 cm³/mol. The fourth-order valence-corrected chi connectivity index (χ4v) is 2.13. The predicted octanol–water partition coefficient (Wildman–Crippen LogP) is 4.16. The maximum absolute atomic E-state index is 12.6. The molecule has 19 heavy (non-hydrogen) atoms. The molecule has 0 heterocycles. The highest BCUT2D eigenvalue weighted by atomic mass is 19.4. The molecule has 0 spiro atoms. The third kappa shape index (κ3) is 4.04. The van der Waals surface area contributed by atoms with Crippen LogP contribution in [0.15, 0.2) is 18.2 Å². The van der Waals surface area contributed by atoms with Crippen LogP contribution in [0.4, 0.5) is 24.5 Å². The van der Waals surface area contributed by atoms with Gasteiger partial charge in [-0.1, -0.05) is 13.8 Å². The molecule has 2 N–H and O–H groups in total. The van der Waals surface area contributed by atoms with E-state index < -0.39 is 11.7 Å². The topological polar surface area (TPSA) is 29.3 Å². The summed E-state index contributed by atoms with van der Waals surface area (Å²) in [6.07, 6.45) is -3.40. The van der Waals surface area contributed by atoms with E-state index in [0.29, 0.717) is 11.6 Å². The Morgan fingerprint density at radius 3 is 2.21 bits per heavy atom. The lowest BCUT2D eigenvalue weighted by molar-refractivity contribution is -0.137. The van der Waals surface area contributed by atoms with Gasteiger partial charge in [-0.05, 0) is 37.5 Å². The smallest absolute Gasteiger partial charge is 0.397 e. The minimum atomic E-state index is -4.35. The van der Waals surface area contributed by atoms with Crippen LogP contribution in [0.2, 0.25) is 0 Å². The maximum atomic E-state index is 12.6. The molecule has 0 aliphatic heterocycles. The van der Waals surface area contributed by atoms with Crippen LogP contribution < -0.4 is 10.6 Å². The zero-order valence-electron chi connectivity index (χ0n) is 11.8. The van der Waals surface area contributed by atoms with Crippen molar-refractivity contribution in [2.24, 2.45) is 5.92 Å². The van der Waals surface area contributed by atoms with Gasteiger partial charge in [0.15, 0.2) is 0 Å². The standard InChI is InChI=1S/C14H21F3N2/c1-9(2)7-10(3)19(4)13-6-5-11(8-12(13)18)14(15,16)17/h5-6,8-10H,7,18H2,1-4H3. The van der Waals surface area contributed by atoms with Gasteiger partial charge in [-0.3, -0.25) is 0 Å². The second kappa shape index (κ2) is 5.72. The number of benzene rings is 1. The molecule has 2 nitrogen and oxygen atoms in total. The molecular weight excluding hydrogens is 253 g/mol. The van der Waals surface area contributed by atoms with Gasteiger partial charge in [-0.2, -0.15) is 13.2 Å². The highest BCUT2D eigenvalue weighted by Gasteiger charge is 2.31. The summed E-state index contributed by atoms with van der Waals surface area (Å²) in [7, 11) is 1.85. The first kappa shape index (κ1) is 15.7. The monoisotopic (exact) mass is 274 g/mol. The lowest BCUT2D eigenvalue weighted by Crippen LogP contribution is -2.30. The summed E-state index contributed by atoms with van der Waals surface area (Å²) in [5, 5.41) is 0. The summed E-state index contributed by atoms with van der Waals surface area (Å²) in [5.74, 6) is 0.521. The van der Waals surface area contributed by atoms with Crippen molar-refractivity contribution in [3.63, 3.8) is 0 Å². The molecule has 0 aromatic heterocycles. The second-order valence-electron chi connectivity index (χ2n) is 5.36. The molecule has 1 unspecified atom stereocenters. The summed E-state index contributed by atoms with van der Waals surface area (Å²) < 4.78 is 37.7. The molecule has 1 aromatic carbocycles. The maximum Gasteiger partial charge on any atom is 0.416 e.